The zero-order valence-corrected chi connectivity index (χ0v) is 21.9. The molecule has 8 heteroatoms. The average molecular weight is 492 g/mol. The van der Waals surface area contributed by atoms with E-state index >= 15 is 0 Å². The second-order valence-corrected chi connectivity index (χ2v) is 10.1. The number of cyclic esters (lactones) is 1. The van der Waals surface area contributed by atoms with E-state index in [0.717, 1.165) is 29.1 Å². The van der Waals surface area contributed by atoms with Gasteiger partial charge in [0.05, 0.1) is 19.8 Å². The first kappa shape index (κ1) is 28.7. The van der Waals surface area contributed by atoms with Gasteiger partial charge in [-0.1, -0.05) is 45.4 Å². The Kier molecular flexibility index (Phi) is 10.6. The molecule has 1 saturated heterocycles. The van der Waals surface area contributed by atoms with E-state index in [9.17, 15) is 14.7 Å². The Morgan fingerprint density at radius 3 is 2.43 bits per heavy atom. The van der Waals surface area contributed by atoms with E-state index in [1.54, 1.807) is 20.1 Å². The third kappa shape index (κ3) is 7.70. The van der Waals surface area contributed by atoms with E-state index in [0.29, 0.717) is 19.4 Å². The minimum Gasteiger partial charge on any atom is -0.497 e. The standard InChI is InChI=1S/C27H41NO7/c1-8-16-34-23-18(2)35-24(29)22(28(26(30)31)25(33-7)27(3,4)5)11-9-10-20(23)17-19-12-14-21(32-6)15-13-19/h8,12-15,18,20,22-23,25H,1,9-11,16-17H2,2-7H3,(H,30,31)/t18-,20+,22-,23-,25?/m0/s1. The lowest BCUT2D eigenvalue weighted by Crippen LogP contribution is -2.56. The van der Waals surface area contributed by atoms with Crippen molar-refractivity contribution in [2.75, 3.05) is 20.8 Å². The Morgan fingerprint density at radius 2 is 1.91 bits per heavy atom. The fraction of sp³-hybridized carbons (Fsp3) is 0.630. The fourth-order valence-corrected chi connectivity index (χ4v) is 4.84. The number of carboxylic acid groups (broad SMARTS) is 1. The van der Waals surface area contributed by atoms with Crippen molar-refractivity contribution in [3.63, 3.8) is 0 Å². The number of methoxy groups -OCH3 is 2. The highest BCUT2D eigenvalue weighted by molar-refractivity contribution is 5.81. The molecule has 0 saturated carbocycles. The van der Waals surface area contributed by atoms with E-state index in [2.05, 4.69) is 6.58 Å². The van der Waals surface area contributed by atoms with Gasteiger partial charge in [-0.2, -0.15) is 0 Å². The number of esters is 1. The molecule has 1 fully saturated rings. The summed E-state index contributed by atoms with van der Waals surface area (Å²) in [4.78, 5) is 26.7. The SMILES string of the molecule is C=CCO[C@@H]1[C@@H](Cc2ccc(OC)cc2)CCC[C@H](N(C(=O)O)C(OC)C(C)(C)C)C(=O)O[C@H]1C. The van der Waals surface area contributed by atoms with Crippen LogP contribution < -0.4 is 4.74 Å². The van der Waals surface area contributed by atoms with Crippen LogP contribution in [0.3, 0.4) is 0 Å². The Labute approximate surface area is 209 Å². The van der Waals surface area contributed by atoms with Gasteiger partial charge in [0.15, 0.2) is 0 Å². The van der Waals surface area contributed by atoms with E-state index in [1.165, 1.54) is 7.11 Å². The molecule has 8 nitrogen and oxygen atoms in total. The molecule has 1 amide bonds. The lowest BCUT2D eigenvalue weighted by atomic mass is 9.86. The molecule has 0 radical (unpaired) electrons. The van der Waals surface area contributed by atoms with Crippen LogP contribution in [0.4, 0.5) is 4.79 Å². The molecule has 1 unspecified atom stereocenters. The molecule has 2 rings (SSSR count). The smallest absolute Gasteiger partial charge is 0.410 e. The van der Waals surface area contributed by atoms with Crippen LogP contribution in [0.1, 0.15) is 52.5 Å². The summed E-state index contributed by atoms with van der Waals surface area (Å²) < 4.78 is 22.8. The van der Waals surface area contributed by atoms with E-state index < -0.39 is 35.9 Å². The van der Waals surface area contributed by atoms with Gasteiger partial charge in [-0.25, -0.2) is 9.59 Å². The Morgan fingerprint density at radius 1 is 1.26 bits per heavy atom. The molecule has 1 aromatic carbocycles. The van der Waals surface area contributed by atoms with Crippen LogP contribution in [0.15, 0.2) is 36.9 Å². The molecule has 1 heterocycles. The van der Waals surface area contributed by atoms with Crippen molar-refractivity contribution < 1.29 is 33.6 Å². The highest BCUT2D eigenvalue weighted by Crippen LogP contribution is 2.32. The van der Waals surface area contributed by atoms with Crippen LogP contribution in [0, 0.1) is 11.3 Å². The van der Waals surface area contributed by atoms with Gasteiger partial charge >= 0.3 is 12.1 Å². The molecular weight excluding hydrogens is 450 g/mol. The molecule has 35 heavy (non-hydrogen) atoms. The Bertz CT molecular complexity index is 833. The van der Waals surface area contributed by atoms with Gasteiger partial charge < -0.3 is 24.1 Å². The second kappa shape index (κ2) is 12.9. The van der Waals surface area contributed by atoms with Gasteiger partial charge in [0.2, 0.25) is 0 Å². The number of hydrogen-bond donors (Lipinski definition) is 1. The maximum atomic E-state index is 13.3. The summed E-state index contributed by atoms with van der Waals surface area (Å²) in [6.45, 7) is 11.5. The van der Waals surface area contributed by atoms with Crippen molar-refractivity contribution in [2.24, 2.45) is 11.3 Å². The zero-order chi connectivity index (χ0) is 26.2. The van der Waals surface area contributed by atoms with Crippen molar-refractivity contribution in [1.82, 2.24) is 4.90 Å². The monoisotopic (exact) mass is 491 g/mol. The van der Waals surface area contributed by atoms with Gasteiger partial charge in [-0.05, 0) is 49.8 Å². The molecule has 1 aliphatic heterocycles. The molecule has 0 aliphatic carbocycles. The van der Waals surface area contributed by atoms with Crippen LogP contribution in [0.5, 0.6) is 5.75 Å². The number of carbonyl (C=O) groups is 2. The van der Waals surface area contributed by atoms with E-state index in [-0.39, 0.29) is 12.0 Å². The Balaban J connectivity index is 2.35. The number of hydrogen-bond acceptors (Lipinski definition) is 6. The topological polar surface area (TPSA) is 94.5 Å². The molecule has 1 N–H and O–H groups in total. The van der Waals surface area contributed by atoms with Crippen molar-refractivity contribution >= 4 is 12.1 Å². The maximum Gasteiger partial charge on any atom is 0.410 e. The predicted octanol–water partition coefficient (Wildman–Crippen LogP) is 4.91. The highest BCUT2D eigenvalue weighted by Gasteiger charge is 2.43. The molecule has 5 atom stereocenters. The molecular formula is C27H41NO7. The van der Waals surface area contributed by atoms with Gasteiger partial charge in [0.1, 0.15) is 24.1 Å². The molecule has 1 aliphatic rings. The van der Waals surface area contributed by atoms with Gasteiger partial charge in [-0.15, -0.1) is 6.58 Å². The van der Waals surface area contributed by atoms with Crippen LogP contribution >= 0.6 is 0 Å². The summed E-state index contributed by atoms with van der Waals surface area (Å²) >= 11 is 0. The number of ether oxygens (including phenoxy) is 4. The average Bonchev–Trinajstić information content (AvgIpc) is 2.84. The van der Waals surface area contributed by atoms with Crippen molar-refractivity contribution in [1.29, 1.82) is 0 Å². The second-order valence-electron chi connectivity index (χ2n) is 10.1. The summed E-state index contributed by atoms with van der Waals surface area (Å²) in [5.41, 5.74) is 0.584. The summed E-state index contributed by atoms with van der Waals surface area (Å²) in [5, 5.41) is 10.1. The van der Waals surface area contributed by atoms with Crippen LogP contribution in [-0.2, 0) is 25.4 Å². The first-order valence-corrected chi connectivity index (χ1v) is 12.1. The van der Waals surface area contributed by atoms with Crippen LogP contribution in [0.2, 0.25) is 0 Å². The lowest BCUT2D eigenvalue weighted by Gasteiger charge is -2.40. The minimum absolute atomic E-state index is 0.0593. The largest absolute Gasteiger partial charge is 0.497 e. The van der Waals surface area contributed by atoms with Crippen LogP contribution in [-0.4, -0.2) is 67.4 Å². The Hall–Kier alpha value is -2.58. The van der Waals surface area contributed by atoms with E-state index in [4.69, 9.17) is 18.9 Å². The maximum absolute atomic E-state index is 13.3. The lowest BCUT2D eigenvalue weighted by molar-refractivity contribution is -0.171. The van der Waals surface area contributed by atoms with Crippen molar-refractivity contribution in [3.05, 3.63) is 42.5 Å². The number of amides is 1. The summed E-state index contributed by atoms with van der Waals surface area (Å²) in [5.74, 6) is 0.264. The first-order valence-electron chi connectivity index (χ1n) is 12.1. The number of benzene rings is 1. The van der Waals surface area contributed by atoms with Crippen molar-refractivity contribution in [3.8, 4) is 5.75 Å². The summed E-state index contributed by atoms with van der Waals surface area (Å²) in [6.07, 6.45) is 1.15. The molecule has 1 aromatic rings. The number of rotatable bonds is 9. The summed E-state index contributed by atoms with van der Waals surface area (Å²) in [6, 6.07) is 6.92. The third-order valence-corrected chi connectivity index (χ3v) is 6.39. The molecule has 196 valence electrons. The van der Waals surface area contributed by atoms with Gasteiger partial charge in [0.25, 0.3) is 0 Å². The van der Waals surface area contributed by atoms with E-state index in [1.807, 2.05) is 45.0 Å². The first-order chi connectivity index (χ1) is 16.5. The quantitative estimate of drug-likeness (QED) is 0.298. The minimum atomic E-state index is -1.21. The molecule has 0 spiro atoms. The molecule has 0 bridgehead atoms. The number of nitrogens with zero attached hydrogens (tertiary/aromatic N) is 1. The van der Waals surface area contributed by atoms with Crippen molar-refractivity contribution in [2.45, 2.75) is 77.9 Å². The highest BCUT2D eigenvalue weighted by atomic mass is 16.6. The fourth-order valence-electron chi connectivity index (χ4n) is 4.84. The van der Waals surface area contributed by atoms with Crippen LogP contribution in [0.25, 0.3) is 0 Å². The third-order valence-electron chi connectivity index (χ3n) is 6.39. The van der Waals surface area contributed by atoms with Gasteiger partial charge in [-0.3, -0.25) is 4.90 Å². The molecule has 0 aromatic heterocycles. The number of carbonyl (C=O) groups excluding carboxylic acids is 1. The normalized spacial score (nSPS) is 24.3. The predicted molar refractivity (Wildman–Crippen MR) is 133 cm³/mol. The van der Waals surface area contributed by atoms with Gasteiger partial charge in [0, 0.05) is 12.5 Å². The zero-order valence-electron chi connectivity index (χ0n) is 21.9. The summed E-state index contributed by atoms with van der Waals surface area (Å²) in [7, 11) is 3.09.